The molecule has 126 valence electrons. The zero-order valence-electron chi connectivity index (χ0n) is 13.2. The summed E-state index contributed by atoms with van der Waals surface area (Å²) < 4.78 is 32.9. The Kier molecular flexibility index (Phi) is 5.38. The maximum atomic E-state index is 12.3. The molecule has 0 unspecified atom stereocenters. The van der Waals surface area contributed by atoms with E-state index in [1.807, 2.05) is 6.92 Å². The minimum Gasteiger partial charge on any atom is -0.372 e. The van der Waals surface area contributed by atoms with Gasteiger partial charge in [-0.25, -0.2) is 22.7 Å². The van der Waals surface area contributed by atoms with Crippen LogP contribution < -0.4 is 16.1 Å². The Bertz CT molecular complexity index is 912. The van der Waals surface area contributed by atoms with Crippen LogP contribution in [0.25, 0.3) is 10.9 Å². The molecule has 0 radical (unpaired) electrons. The van der Waals surface area contributed by atoms with Crippen LogP contribution in [0, 0.1) is 0 Å². The summed E-state index contributed by atoms with van der Waals surface area (Å²) in [5.41, 5.74) is -0.476. The molecule has 1 aromatic heterocycles. The molecule has 1 aromatic carbocycles. The lowest BCUT2D eigenvalue weighted by atomic mass is 10.2. The number of hydrogen-bond acceptors (Lipinski definition) is 5. The van der Waals surface area contributed by atoms with E-state index in [9.17, 15) is 18.0 Å². The molecule has 0 amide bonds. The van der Waals surface area contributed by atoms with E-state index in [1.54, 1.807) is 6.92 Å². The Morgan fingerprint density at radius 1 is 1.17 bits per heavy atom. The third kappa shape index (κ3) is 3.70. The van der Waals surface area contributed by atoms with Crippen LogP contribution in [0.4, 0.5) is 0 Å². The van der Waals surface area contributed by atoms with Crippen molar-refractivity contribution in [3.05, 3.63) is 39.2 Å². The largest absolute Gasteiger partial charge is 0.422 e. The van der Waals surface area contributed by atoms with Crippen LogP contribution in [0.1, 0.15) is 33.1 Å². The number of benzene rings is 1. The van der Waals surface area contributed by atoms with Crippen molar-refractivity contribution < 1.29 is 12.8 Å². The average molecular weight is 340 g/mol. The third-order valence-electron chi connectivity index (χ3n) is 3.58. The summed E-state index contributed by atoms with van der Waals surface area (Å²) in [5, 5.41) is 0.0721. The highest BCUT2D eigenvalue weighted by molar-refractivity contribution is 7.89. The highest BCUT2D eigenvalue weighted by atomic mass is 32.2. The number of nitrogens with one attached hydrogen (secondary N) is 1. The van der Waals surface area contributed by atoms with Crippen molar-refractivity contribution in [1.82, 2.24) is 9.29 Å². The summed E-state index contributed by atoms with van der Waals surface area (Å²) >= 11 is 0. The summed E-state index contributed by atoms with van der Waals surface area (Å²) in [5.74, 6) is -0.752. The van der Waals surface area contributed by atoms with E-state index in [2.05, 4.69) is 9.14 Å². The molecule has 0 aliphatic heterocycles. The van der Waals surface area contributed by atoms with Crippen LogP contribution in [-0.4, -0.2) is 19.5 Å². The maximum Gasteiger partial charge on any atom is 0.422 e. The summed E-state index contributed by atoms with van der Waals surface area (Å²) in [6, 6.07) is 4.09. The van der Waals surface area contributed by atoms with Crippen molar-refractivity contribution in [2.45, 2.75) is 44.6 Å². The molecule has 2 rings (SSSR count). The maximum absolute atomic E-state index is 12.3. The van der Waals surface area contributed by atoms with Crippen LogP contribution in [0.5, 0.6) is 0 Å². The van der Waals surface area contributed by atoms with Crippen molar-refractivity contribution in [3.8, 4) is 0 Å². The van der Waals surface area contributed by atoms with Gasteiger partial charge in [0.15, 0.2) is 0 Å². The molecule has 1 heterocycles. The SMILES string of the molecule is CCCCCNS(=O)(=O)c1ccc2c(c1)c(=O)oc(=O)n2CC. The molecule has 7 nitrogen and oxygen atoms in total. The first-order chi connectivity index (χ1) is 10.9. The van der Waals surface area contributed by atoms with Crippen LogP contribution in [-0.2, 0) is 16.6 Å². The number of rotatable bonds is 7. The predicted molar refractivity (Wildman–Crippen MR) is 87.1 cm³/mol. The second kappa shape index (κ2) is 7.10. The van der Waals surface area contributed by atoms with E-state index in [1.165, 1.54) is 22.8 Å². The van der Waals surface area contributed by atoms with Gasteiger partial charge >= 0.3 is 11.4 Å². The van der Waals surface area contributed by atoms with Gasteiger partial charge < -0.3 is 4.42 Å². The van der Waals surface area contributed by atoms with Crippen LogP contribution >= 0.6 is 0 Å². The van der Waals surface area contributed by atoms with E-state index in [0.29, 0.717) is 18.6 Å². The lowest BCUT2D eigenvalue weighted by molar-refractivity contribution is 0.421. The van der Waals surface area contributed by atoms with E-state index in [4.69, 9.17) is 0 Å². The lowest BCUT2D eigenvalue weighted by Gasteiger charge is -2.09. The minimum atomic E-state index is -3.70. The Morgan fingerprint density at radius 3 is 2.57 bits per heavy atom. The highest BCUT2D eigenvalue weighted by Gasteiger charge is 2.16. The number of sulfonamides is 1. The molecule has 2 aromatic rings. The Labute approximate surface area is 134 Å². The molecule has 1 N–H and O–H groups in total. The zero-order valence-corrected chi connectivity index (χ0v) is 14.0. The van der Waals surface area contributed by atoms with E-state index in [0.717, 1.165) is 19.3 Å². The van der Waals surface area contributed by atoms with Crippen molar-refractivity contribution in [2.75, 3.05) is 6.54 Å². The first-order valence-electron chi connectivity index (χ1n) is 7.58. The van der Waals surface area contributed by atoms with Gasteiger partial charge in [0.1, 0.15) is 0 Å². The molecule has 0 saturated heterocycles. The number of unbranched alkanes of at least 4 members (excludes halogenated alkanes) is 2. The van der Waals surface area contributed by atoms with Gasteiger partial charge in [-0.2, -0.15) is 0 Å². The smallest absolute Gasteiger partial charge is 0.372 e. The fourth-order valence-electron chi connectivity index (χ4n) is 2.33. The molecule has 0 bridgehead atoms. The second-order valence-corrected chi connectivity index (χ2v) is 6.95. The Morgan fingerprint density at radius 2 is 1.91 bits per heavy atom. The first-order valence-corrected chi connectivity index (χ1v) is 9.06. The average Bonchev–Trinajstić information content (AvgIpc) is 2.51. The molecule has 0 saturated carbocycles. The molecule has 0 spiro atoms. The monoisotopic (exact) mass is 340 g/mol. The second-order valence-electron chi connectivity index (χ2n) is 5.18. The molecular weight excluding hydrogens is 320 g/mol. The first kappa shape index (κ1) is 17.4. The van der Waals surface area contributed by atoms with Gasteiger partial charge in [0.05, 0.1) is 15.8 Å². The zero-order chi connectivity index (χ0) is 17.0. The van der Waals surface area contributed by atoms with Gasteiger partial charge in [-0.1, -0.05) is 19.8 Å². The molecule has 0 aliphatic carbocycles. The standard InChI is InChI=1S/C15H20N2O5S/c1-3-5-6-9-16-23(20,21)11-7-8-13-12(10-11)14(18)22-15(19)17(13)4-2/h7-8,10,16H,3-6,9H2,1-2H3. The van der Waals surface area contributed by atoms with Crippen LogP contribution in [0.3, 0.4) is 0 Å². The molecule has 0 aliphatic rings. The fourth-order valence-corrected chi connectivity index (χ4v) is 3.43. The molecule has 0 fully saturated rings. The molecular formula is C15H20N2O5S. The summed E-state index contributed by atoms with van der Waals surface area (Å²) in [6.45, 7) is 4.43. The minimum absolute atomic E-state index is 0.0184. The molecule has 0 atom stereocenters. The van der Waals surface area contributed by atoms with Crippen LogP contribution in [0.15, 0.2) is 37.1 Å². The molecule has 8 heteroatoms. The predicted octanol–water partition coefficient (Wildman–Crippen LogP) is 1.44. The highest BCUT2D eigenvalue weighted by Crippen LogP contribution is 2.15. The number of hydrogen-bond donors (Lipinski definition) is 1. The van der Waals surface area contributed by atoms with Crippen molar-refractivity contribution in [2.24, 2.45) is 0 Å². The van der Waals surface area contributed by atoms with Crippen LogP contribution in [0.2, 0.25) is 0 Å². The summed E-state index contributed by atoms with van der Waals surface area (Å²) in [6.07, 6.45) is 2.68. The number of aryl methyl sites for hydroxylation is 1. The summed E-state index contributed by atoms with van der Waals surface area (Å²) in [7, 11) is -3.70. The van der Waals surface area contributed by atoms with E-state index < -0.39 is 21.4 Å². The molecule has 23 heavy (non-hydrogen) atoms. The Hall–Kier alpha value is -1.93. The normalized spacial score (nSPS) is 11.9. The number of aromatic nitrogens is 1. The van der Waals surface area contributed by atoms with Crippen molar-refractivity contribution in [3.63, 3.8) is 0 Å². The Balaban J connectivity index is 2.44. The quantitative estimate of drug-likeness (QED) is 0.769. The van der Waals surface area contributed by atoms with Crippen molar-refractivity contribution >= 4 is 20.9 Å². The lowest BCUT2D eigenvalue weighted by Crippen LogP contribution is -2.26. The number of fused-ring (bicyclic) bond motifs is 1. The van der Waals surface area contributed by atoms with Gasteiger partial charge in [-0.3, -0.25) is 4.57 Å². The topological polar surface area (TPSA) is 98.4 Å². The van der Waals surface area contributed by atoms with Gasteiger partial charge in [0, 0.05) is 13.1 Å². The van der Waals surface area contributed by atoms with Gasteiger partial charge in [-0.15, -0.1) is 0 Å². The third-order valence-corrected chi connectivity index (χ3v) is 5.04. The van der Waals surface area contributed by atoms with Gasteiger partial charge in [-0.05, 0) is 31.5 Å². The van der Waals surface area contributed by atoms with Gasteiger partial charge in [0.25, 0.3) is 0 Å². The summed E-state index contributed by atoms with van der Waals surface area (Å²) in [4.78, 5) is 23.5. The van der Waals surface area contributed by atoms with Gasteiger partial charge in [0.2, 0.25) is 10.0 Å². The van der Waals surface area contributed by atoms with E-state index >= 15 is 0 Å². The fraction of sp³-hybridized carbons (Fsp3) is 0.467. The van der Waals surface area contributed by atoms with E-state index in [-0.39, 0.29) is 10.3 Å². The number of nitrogens with zero attached hydrogens (tertiary/aromatic N) is 1. The van der Waals surface area contributed by atoms with Crippen molar-refractivity contribution in [1.29, 1.82) is 0 Å².